The Hall–Kier alpha value is -2.49. The number of rotatable bonds is 2. The van der Waals surface area contributed by atoms with E-state index in [1.54, 1.807) is 17.0 Å². The molecular weight excluding hydrogens is 355 g/mol. The standard InChI is InChI=1S/C20H14Cl2N2O/c21-14-7-5-13(6-8-14)19-23-18-4-2-1-3-17(18)20(25)24(19)16-11-9-15(22)10-12-16/h1-12,19,23H. The molecule has 1 N–H and O–H groups in total. The number of halogens is 2. The van der Waals surface area contributed by atoms with E-state index in [2.05, 4.69) is 5.32 Å². The summed E-state index contributed by atoms with van der Waals surface area (Å²) in [6.07, 6.45) is -0.333. The van der Waals surface area contributed by atoms with Crippen molar-refractivity contribution in [1.29, 1.82) is 0 Å². The van der Waals surface area contributed by atoms with Crippen molar-refractivity contribution in [2.75, 3.05) is 10.2 Å². The highest BCUT2D eigenvalue weighted by Crippen LogP contribution is 2.37. The maximum atomic E-state index is 13.2. The molecule has 1 amide bonds. The van der Waals surface area contributed by atoms with Crippen molar-refractivity contribution in [3.63, 3.8) is 0 Å². The van der Waals surface area contributed by atoms with Crippen molar-refractivity contribution in [1.82, 2.24) is 0 Å². The molecule has 0 aliphatic carbocycles. The van der Waals surface area contributed by atoms with E-state index >= 15 is 0 Å². The quantitative estimate of drug-likeness (QED) is 0.623. The Morgan fingerprint density at radius 1 is 0.800 bits per heavy atom. The third-order valence-corrected chi connectivity index (χ3v) is 4.72. The second-order valence-electron chi connectivity index (χ2n) is 5.80. The lowest BCUT2D eigenvalue weighted by molar-refractivity contribution is 0.0975. The fourth-order valence-corrected chi connectivity index (χ4v) is 3.25. The summed E-state index contributed by atoms with van der Waals surface area (Å²) in [6.45, 7) is 0. The molecule has 1 unspecified atom stereocenters. The van der Waals surface area contributed by atoms with E-state index in [1.807, 2.05) is 60.7 Å². The smallest absolute Gasteiger partial charge is 0.262 e. The molecule has 3 aromatic rings. The average Bonchev–Trinajstić information content (AvgIpc) is 2.63. The van der Waals surface area contributed by atoms with E-state index in [4.69, 9.17) is 23.2 Å². The Labute approximate surface area is 155 Å². The summed E-state index contributed by atoms with van der Waals surface area (Å²) in [5, 5.41) is 4.74. The van der Waals surface area contributed by atoms with Gasteiger partial charge in [-0.1, -0.05) is 47.5 Å². The van der Waals surface area contributed by atoms with Gasteiger partial charge in [0.1, 0.15) is 6.17 Å². The third-order valence-electron chi connectivity index (χ3n) is 4.22. The molecular formula is C20H14Cl2N2O. The van der Waals surface area contributed by atoms with Crippen molar-refractivity contribution in [2.24, 2.45) is 0 Å². The summed E-state index contributed by atoms with van der Waals surface area (Å²) in [4.78, 5) is 14.9. The normalized spacial score (nSPS) is 16.3. The molecule has 25 heavy (non-hydrogen) atoms. The summed E-state index contributed by atoms with van der Waals surface area (Å²) in [6, 6.07) is 22.3. The topological polar surface area (TPSA) is 32.3 Å². The first kappa shape index (κ1) is 16.0. The number of para-hydroxylation sites is 1. The molecule has 124 valence electrons. The van der Waals surface area contributed by atoms with Gasteiger partial charge in [0.05, 0.1) is 5.56 Å². The van der Waals surface area contributed by atoms with Gasteiger partial charge >= 0.3 is 0 Å². The Balaban J connectivity index is 1.85. The highest BCUT2D eigenvalue weighted by molar-refractivity contribution is 6.31. The van der Waals surface area contributed by atoms with Crippen LogP contribution in [0.15, 0.2) is 72.8 Å². The van der Waals surface area contributed by atoms with Gasteiger partial charge in [-0.2, -0.15) is 0 Å². The molecule has 5 heteroatoms. The SMILES string of the molecule is O=C1c2ccccc2NC(c2ccc(Cl)cc2)N1c1ccc(Cl)cc1. The van der Waals surface area contributed by atoms with Crippen LogP contribution >= 0.6 is 23.2 Å². The molecule has 3 nitrogen and oxygen atoms in total. The van der Waals surface area contributed by atoms with E-state index in [1.165, 1.54) is 0 Å². The number of nitrogens with zero attached hydrogens (tertiary/aromatic N) is 1. The number of fused-ring (bicyclic) bond motifs is 1. The van der Waals surface area contributed by atoms with Gasteiger partial charge in [0.15, 0.2) is 0 Å². The Morgan fingerprint density at radius 3 is 2.08 bits per heavy atom. The van der Waals surface area contributed by atoms with Gasteiger partial charge in [0.2, 0.25) is 0 Å². The molecule has 0 saturated carbocycles. The lowest BCUT2D eigenvalue weighted by Gasteiger charge is -2.38. The predicted octanol–water partition coefficient (Wildman–Crippen LogP) is 5.76. The van der Waals surface area contributed by atoms with Gasteiger partial charge in [-0.3, -0.25) is 9.69 Å². The van der Waals surface area contributed by atoms with Crippen LogP contribution in [0.2, 0.25) is 10.0 Å². The lowest BCUT2D eigenvalue weighted by atomic mass is 10.0. The van der Waals surface area contributed by atoms with Crippen LogP contribution in [-0.2, 0) is 0 Å². The van der Waals surface area contributed by atoms with Gasteiger partial charge in [-0.05, 0) is 54.1 Å². The second-order valence-corrected chi connectivity index (χ2v) is 6.67. The largest absolute Gasteiger partial charge is 0.360 e. The van der Waals surface area contributed by atoms with Gasteiger partial charge < -0.3 is 5.32 Å². The summed E-state index contributed by atoms with van der Waals surface area (Å²) in [5.74, 6) is -0.0587. The van der Waals surface area contributed by atoms with Crippen LogP contribution in [0.25, 0.3) is 0 Å². The summed E-state index contributed by atoms with van der Waals surface area (Å²) < 4.78 is 0. The zero-order chi connectivity index (χ0) is 17.4. The van der Waals surface area contributed by atoms with E-state index in [9.17, 15) is 4.79 Å². The number of amides is 1. The van der Waals surface area contributed by atoms with Crippen LogP contribution in [0.3, 0.4) is 0 Å². The van der Waals surface area contributed by atoms with Crippen molar-refractivity contribution in [2.45, 2.75) is 6.17 Å². The van der Waals surface area contributed by atoms with Crippen LogP contribution < -0.4 is 10.2 Å². The minimum absolute atomic E-state index is 0.0587. The first-order valence-corrected chi connectivity index (χ1v) is 8.59. The van der Waals surface area contributed by atoms with E-state index in [0.29, 0.717) is 15.6 Å². The first-order valence-electron chi connectivity index (χ1n) is 7.83. The number of nitrogens with one attached hydrogen (secondary N) is 1. The molecule has 1 aliphatic heterocycles. The molecule has 0 saturated heterocycles. The van der Waals surface area contributed by atoms with Gasteiger partial charge in [0, 0.05) is 21.4 Å². The number of anilines is 2. The molecule has 3 aromatic carbocycles. The Morgan fingerprint density at radius 2 is 1.40 bits per heavy atom. The molecule has 1 heterocycles. The summed E-state index contributed by atoms with van der Waals surface area (Å²) >= 11 is 12.0. The first-order chi connectivity index (χ1) is 12.1. The zero-order valence-electron chi connectivity index (χ0n) is 13.1. The molecule has 4 rings (SSSR count). The van der Waals surface area contributed by atoms with Crippen molar-refractivity contribution in [3.8, 4) is 0 Å². The molecule has 0 spiro atoms. The van der Waals surface area contributed by atoms with E-state index in [-0.39, 0.29) is 12.1 Å². The van der Waals surface area contributed by atoms with Crippen molar-refractivity contribution in [3.05, 3.63) is 94.0 Å². The lowest BCUT2D eigenvalue weighted by Crippen LogP contribution is -2.43. The average molecular weight is 369 g/mol. The minimum atomic E-state index is -0.333. The second kappa shape index (κ2) is 6.43. The van der Waals surface area contributed by atoms with Gasteiger partial charge in [-0.25, -0.2) is 0 Å². The number of carbonyl (C=O) groups is 1. The Bertz CT molecular complexity index is 923. The van der Waals surface area contributed by atoms with Crippen molar-refractivity contribution >= 4 is 40.5 Å². The fraction of sp³-hybridized carbons (Fsp3) is 0.0500. The van der Waals surface area contributed by atoms with Crippen molar-refractivity contribution < 1.29 is 4.79 Å². The maximum Gasteiger partial charge on any atom is 0.262 e. The monoisotopic (exact) mass is 368 g/mol. The molecule has 0 bridgehead atoms. The molecule has 0 aromatic heterocycles. The predicted molar refractivity (Wildman–Crippen MR) is 103 cm³/mol. The van der Waals surface area contributed by atoms with Crippen LogP contribution in [0.4, 0.5) is 11.4 Å². The van der Waals surface area contributed by atoms with Crippen LogP contribution in [-0.4, -0.2) is 5.91 Å². The van der Waals surface area contributed by atoms with Crippen LogP contribution in [0.1, 0.15) is 22.1 Å². The molecule has 1 atom stereocenters. The number of hydrogen-bond donors (Lipinski definition) is 1. The minimum Gasteiger partial charge on any atom is -0.360 e. The van der Waals surface area contributed by atoms with E-state index in [0.717, 1.165) is 16.9 Å². The van der Waals surface area contributed by atoms with Crippen LogP contribution in [0, 0.1) is 0 Å². The Kier molecular flexibility index (Phi) is 4.12. The zero-order valence-corrected chi connectivity index (χ0v) is 14.6. The number of carbonyl (C=O) groups excluding carboxylic acids is 1. The number of hydrogen-bond acceptors (Lipinski definition) is 2. The summed E-state index contributed by atoms with van der Waals surface area (Å²) in [5.41, 5.74) is 3.18. The highest BCUT2D eigenvalue weighted by atomic mass is 35.5. The fourth-order valence-electron chi connectivity index (χ4n) is 3.00. The third kappa shape index (κ3) is 2.97. The summed E-state index contributed by atoms with van der Waals surface area (Å²) in [7, 11) is 0. The number of benzene rings is 3. The molecule has 0 radical (unpaired) electrons. The highest BCUT2D eigenvalue weighted by Gasteiger charge is 2.33. The maximum absolute atomic E-state index is 13.2. The van der Waals surface area contributed by atoms with E-state index < -0.39 is 0 Å². The molecule has 1 aliphatic rings. The van der Waals surface area contributed by atoms with Crippen LogP contribution in [0.5, 0.6) is 0 Å². The van der Waals surface area contributed by atoms with Gasteiger partial charge in [-0.15, -0.1) is 0 Å². The molecule has 0 fully saturated rings. The van der Waals surface area contributed by atoms with Gasteiger partial charge in [0.25, 0.3) is 5.91 Å².